The Morgan fingerprint density at radius 1 is 1.15 bits per heavy atom. The van der Waals surface area contributed by atoms with Gasteiger partial charge < -0.3 is 5.32 Å². The zero-order chi connectivity index (χ0) is 9.84. The number of carbonyl (C=O) groups is 2. The second-order valence-electron chi connectivity index (χ2n) is 3.39. The van der Waals surface area contributed by atoms with Crippen molar-refractivity contribution in [2.24, 2.45) is 0 Å². The zero-order valence-electron chi connectivity index (χ0n) is 8.17. The predicted molar refractivity (Wildman–Crippen MR) is 49.1 cm³/mol. The number of piperidine rings is 1. The molecule has 0 radical (unpaired) electrons. The van der Waals surface area contributed by atoms with Crippen LogP contribution in [-0.2, 0) is 9.59 Å². The lowest BCUT2D eigenvalue weighted by atomic mass is 10.0. The molecule has 1 aliphatic rings. The minimum atomic E-state index is -0.139. The molecule has 1 fully saturated rings. The molecule has 0 atom stereocenters. The van der Waals surface area contributed by atoms with Crippen molar-refractivity contribution >= 4 is 11.8 Å². The topological polar surface area (TPSA) is 49.4 Å². The summed E-state index contributed by atoms with van der Waals surface area (Å²) in [5, 5.41) is 3.20. The Morgan fingerprint density at radius 2 is 1.62 bits per heavy atom. The smallest absolute Gasteiger partial charge is 0.226 e. The number of carbonyl (C=O) groups excluding carboxylic acids is 2. The van der Waals surface area contributed by atoms with Gasteiger partial charge in [0, 0.05) is 19.9 Å². The molecule has 0 aromatic heterocycles. The highest BCUT2D eigenvalue weighted by atomic mass is 16.2. The third-order valence-corrected chi connectivity index (χ3v) is 2.35. The standard InChI is InChI=1S/C9H16N2O2/c1-7(12)11(8(2)13)9-3-5-10-6-4-9/h9-10H,3-6H2,1-2H3. The number of hydrogen-bond donors (Lipinski definition) is 1. The summed E-state index contributed by atoms with van der Waals surface area (Å²) in [6.07, 6.45) is 1.75. The summed E-state index contributed by atoms with van der Waals surface area (Å²) in [6, 6.07) is 0.108. The first-order valence-corrected chi connectivity index (χ1v) is 4.64. The maximum absolute atomic E-state index is 11.2. The van der Waals surface area contributed by atoms with Gasteiger partial charge in [-0.25, -0.2) is 0 Å². The van der Waals surface area contributed by atoms with E-state index in [-0.39, 0.29) is 17.9 Å². The van der Waals surface area contributed by atoms with Crippen molar-refractivity contribution < 1.29 is 9.59 Å². The zero-order valence-corrected chi connectivity index (χ0v) is 8.17. The van der Waals surface area contributed by atoms with Crippen LogP contribution in [0.4, 0.5) is 0 Å². The summed E-state index contributed by atoms with van der Waals surface area (Å²) in [5.74, 6) is -0.279. The molecule has 4 heteroatoms. The van der Waals surface area contributed by atoms with Gasteiger partial charge in [0.2, 0.25) is 11.8 Å². The molecular formula is C9H16N2O2. The van der Waals surface area contributed by atoms with Crippen molar-refractivity contribution in [3.8, 4) is 0 Å². The highest BCUT2D eigenvalue weighted by Crippen LogP contribution is 2.12. The predicted octanol–water partition coefficient (Wildman–Crippen LogP) is 0.133. The van der Waals surface area contributed by atoms with Crippen LogP contribution in [0.5, 0.6) is 0 Å². The summed E-state index contributed by atoms with van der Waals surface area (Å²) in [7, 11) is 0. The first-order chi connectivity index (χ1) is 6.13. The van der Waals surface area contributed by atoms with E-state index in [9.17, 15) is 9.59 Å². The molecule has 4 nitrogen and oxygen atoms in total. The van der Waals surface area contributed by atoms with E-state index in [0.717, 1.165) is 25.9 Å². The Bertz CT molecular complexity index is 196. The van der Waals surface area contributed by atoms with Gasteiger partial charge >= 0.3 is 0 Å². The third-order valence-electron chi connectivity index (χ3n) is 2.35. The van der Waals surface area contributed by atoms with E-state index in [1.807, 2.05) is 0 Å². The van der Waals surface area contributed by atoms with E-state index in [4.69, 9.17) is 0 Å². The van der Waals surface area contributed by atoms with Gasteiger partial charge in [-0.2, -0.15) is 0 Å². The lowest BCUT2D eigenvalue weighted by Gasteiger charge is -2.31. The highest BCUT2D eigenvalue weighted by molar-refractivity contribution is 5.93. The fourth-order valence-corrected chi connectivity index (χ4v) is 1.80. The lowest BCUT2D eigenvalue weighted by Crippen LogP contribution is -2.47. The number of rotatable bonds is 1. The molecule has 1 rings (SSSR count). The van der Waals surface area contributed by atoms with Crippen molar-refractivity contribution in [3.05, 3.63) is 0 Å². The van der Waals surface area contributed by atoms with Gasteiger partial charge in [0.05, 0.1) is 0 Å². The Balaban J connectivity index is 2.62. The number of amides is 2. The Hall–Kier alpha value is -0.900. The van der Waals surface area contributed by atoms with Crippen LogP contribution in [0.1, 0.15) is 26.7 Å². The minimum Gasteiger partial charge on any atom is -0.317 e. The van der Waals surface area contributed by atoms with E-state index in [1.54, 1.807) is 0 Å². The van der Waals surface area contributed by atoms with Crippen LogP contribution >= 0.6 is 0 Å². The van der Waals surface area contributed by atoms with E-state index in [2.05, 4.69) is 5.32 Å². The van der Waals surface area contributed by atoms with E-state index >= 15 is 0 Å². The normalized spacial score (nSPS) is 18.3. The summed E-state index contributed by atoms with van der Waals surface area (Å²) >= 11 is 0. The monoisotopic (exact) mass is 184 g/mol. The van der Waals surface area contributed by atoms with Crippen LogP contribution in [0.15, 0.2) is 0 Å². The molecule has 74 valence electrons. The van der Waals surface area contributed by atoms with Crippen molar-refractivity contribution in [1.29, 1.82) is 0 Å². The van der Waals surface area contributed by atoms with Gasteiger partial charge in [-0.3, -0.25) is 14.5 Å². The summed E-state index contributed by atoms with van der Waals surface area (Å²) in [4.78, 5) is 23.7. The molecule has 1 saturated heterocycles. The quantitative estimate of drug-likeness (QED) is 0.630. The van der Waals surface area contributed by atoms with Crippen LogP contribution in [0.2, 0.25) is 0 Å². The van der Waals surface area contributed by atoms with Gasteiger partial charge in [-0.05, 0) is 25.9 Å². The molecular weight excluding hydrogens is 168 g/mol. The van der Waals surface area contributed by atoms with Crippen LogP contribution < -0.4 is 5.32 Å². The van der Waals surface area contributed by atoms with Gasteiger partial charge in [0.1, 0.15) is 0 Å². The highest BCUT2D eigenvalue weighted by Gasteiger charge is 2.25. The molecule has 0 aromatic rings. The SMILES string of the molecule is CC(=O)N(C(C)=O)C1CCNCC1. The fourth-order valence-electron chi connectivity index (χ4n) is 1.80. The van der Waals surface area contributed by atoms with Gasteiger partial charge in [-0.15, -0.1) is 0 Å². The molecule has 0 aliphatic carbocycles. The van der Waals surface area contributed by atoms with Crippen LogP contribution in [0.3, 0.4) is 0 Å². The Labute approximate surface area is 78.3 Å². The summed E-state index contributed by atoms with van der Waals surface area (Å²) < 4.78 is 0. The van der Waals surface area contributed by atoms with Crippen LogP contribution in [0, 0.1) is 0 Å². The van der Waals surface area contributed by atoms with Crippen molar-refractivity contribution in [2.75, 3.05) is 13.1 Å². The number of hydrogen-bond acceptors (Lipinski definition) is 3. The van der Waals surface area contributed by atoms with E-state index in [1.165, 1.54) is 18.7 Å². The molecule has 0 saturated carbocycles. The first kappa shape index (κ1) is 10.2. The van der Waals surface area contributed by atoms with Gasteiger partial charge in [-0.1, -0.05) is 0 Å². The first-order valence-electron chi connectivity index (χ1n) is 4.64. The number of imide groups is 1. The maximum atomic E-state index is 11.2. The molecule has 0 aromatic carbocycles. The second kappa shape index (κ2) is 4.37. The van der Waals surface area contributed by atoms with Crippen molar-refractivity contribution in [2.45, 2.75) is 32.7 Å². The van der Waals surface area contributed by atoms with Gasteiger partial charge in [0.25, 0.3) is 0 Å². The molecule has 1 aliphatic heterocycles. The molecule has 1 heterocycles. The molecule has 1 N–H and O–H groups in total. The Morgan fingerprint density at radius 3 is 2.00 bits per heavy atom. The van der Waals surface area contributed by atoms with E-state index < -0.39 is 0 Å². The van der Waals surface area contributed by atoms with Crippen molar-refractivity contribution in [1.82, 2.24) is 10.2 Å². The molecule has 0 bridgehead atoms. The van der Waals surface area contributed by atoms with Crippen LogP contribution in [-0.4, -0.2) is 35.8 Å². The maximum Gasteiger partial charge on any atom is 0.226 e. The lowest BCUT2D eigenvalue weighted by molar-refractivity contribution is -0.145. The third kappa shape index (κ3) is 2.52. The fraction of sp³-hybridized carbons (Fsp3) is 0.778. The number of nitrogens with zero attached hydrogens (tertiary/aromatic N) is 1. The largest absolute Gasteiger partial charge is 0.317 e. The van der Waals surface area contributed by atoms with Crippen LogP contribution in [0.25, 0.3) is 0 Å². The molecule has 13 heavy (non-hydrogen) atoms. The minimum absolute atomic E-state index is 0.108. The molecule has 0 unspecified atom stereocenters. The molecule has 0 spiro atoms. The van der Waals surface area contributed by atoms with Crippen molar-refractivity contribution in [3.63, 3.8) is 0 Å². The average Bonchev–Trinajstić information content (AvgIpc) is 2.04. The summed E-state index contributed by atoms with van der Waals surface area (Å²) in [5.41, 5.74) is 0. The molecule has 2 amide bonds. The summed E-state index contributed by atoms with van der Waals surface area (Å²) in [6.45, 7) is 4.68. The van der Waals surface area contributed by atoms with E-state index in [0.29, 0.717) is 0 Å². The second-order valence-corrected chi connectivity index (χ2v) is 3.39. The average molecular weight is 184 g/mol. The van der Waals surface area contributed by atoms with Gasteiger partial charge in [0.15, 0.2) is 0 Å². The number of nitrogens with one attached hydrogen (secondary N) is 1. The Kier molecular flexibility index (Phi) is 3.42.